The molecule has 0 heterocycles. The number of rotatable bonds is 4. The fourth-order valence-electron chi connectivity index (χ4n) is 1.17. The summed E-state index contributed by atoms with van der Waals surface area (Å²) >= 11 is 0. The third-order valence-electron chi connectivity index (χ3n) is 1.88. The van der Waals surface area contributed by atoms with Gasteiger partial charge >= 0.3 is 29.6 Å². The molecule has 1 rings (SSSR count). The van der Waals surface area contributed by atoms with Crippen LogP contribution in [0.4, 0.5) is 4.79 Å². The Labute approximate surface area is 121 Å². The smallest absolute Gasteiger partial charge is 0.548 e. The van der Waals surface area contributed by atoms with Crippen molar-refractivity contribution < 1.29 is 57.2 Å². The van der Waals surface area contributed by atoms with Crippen LogP contribution in [-0.4, -0.2) is 25.7 Å². The first-order valence-corrected chi connectivity index (χ1v) is 5.76. The van der Waals surface area contributed by atoms with Crippen LogP contribution >= 0.6 is 0 Å². The third kappa shape index (κ3) is 5.51. The van der Waals surface area contributed by atoms with E-state index in [9.17, 15) is 18.3 Å². The molecule has 0 aliphatic rings. The SMILES string of the molecule is O=C([O-])OCC(c1ccccc1)S(=O)(=O)O.[Na+]. The number of carbonyl (C=O) groups excluding carboxylic acids is 1. The van der Waals surface area contributed by atoms with Crippen molar-refractivity contribution in [3.63, 3.8) is 0 Å². The number of ether oxygens (including phenoxy) is 1. The molecular formula is C9H9NaO6S. The summed E-state index contributed by atoms with van der Waals surface area (Å²) in [4.78, 5) is 10.1. The quantitative estimate of drug-likeness (QED) is 0.354. The van der Waals surface area contributed by atoms with Gasteiger partial charge in [-0.1, -0.05) is 30.3 Å². The average Bonchev–Trinajstić information content (AvgIpc) is 2.17. The van der Waals surface area contributed by atoms with E-state index in [1.54, 1.807) is 18.2 Å². The molecule has 0 radical (unpaired) electrons. The first-order chi connectivity index (χ1) is 7.41. The Bertz CT molecular complexity index is 458. The second-order valence-corrected chi connectivity index (χ2v) is 4.57. The van der Waals surface area contributed by atoms with E-state index in [4.69, 9.17) is 4.55 Å². The predicted octanol–water partition coefficient (Wildman–Crippen LogP) is -3.02. The fourth-order valence-corrected chi connectivity index (χ4v) is 1.91. The van der Waals surface area contributed by atoms with Crippen LogP contribution in [0.2, 0.25) is 0 Å². The van der Waals surface area contributed by atoms with Crippen molar-refractivity contribution in [3.05, 3.63) is 35.9 Å². The van der Waals surface area contributed by atoms with Crippen LogP contribution in [-0.2, 0) is 14.9 Å². The second-order valence-electron chi connectivity index (χ2n) is 2.98. The minimum Gasteiger partial charge on any atom is -0.548 e. The Morgan fingerprint density at radius 3 is 2.29 bits per heavy atom. The van der Waals surface area contributed by atoms with Crippen LogP contribution in [0.3, 0.4) is 0 Å². The van der Waals surface area contributed by atoms with Gasteiger partial charge < -0.3 is 14.6 Å². The van der Waals surface area contributed by atoms with E-state index in [-0.39, 0.29) is 35.1 Å². The fraction of sp³-hybridized carbons (Fsp3) is 0.222. The van der Waals surface area contributed by atoms with E-state index in [1.165, 1.54) is 12.1 Å². The number of carbonyl (C=O) groups is 1. The summed E-state index contributed by atoms with van der Waals surface area (Å²) in [6, 6.07) is 7.66. The number of hydrogen-bond donors (Lipinski definition) is 1. The average molecular weight is 268 g/mol. The molecule has 17 heavy (non-hydrogen) atoms. The van der Waals surface area contributed by atoms with Gasteiger partial charge in [-0.05, 0) is 5.56 Å². The molecule has 0 aromatic heterocycles. The Hall–Kier alpha value is -0.600. The zero-order valence-electron chi connectivity index (χ0n) is 9.07. The monoisotopic (exact) mass is 268 g/mol. The van der Waals surface area contributed by atoms with Gasteiger partial charge in [-0.3, -0.25) is 4.55 Å². The maximum atomic E-state index is 11.0. The van der Waals surface area contributed by atoms with Crippen molar-refractivity contribution in [3.8, 4) is 0 Å². The summed E-state index contributed by atoms with van der Waals surface area (Å²) < 4.78 is 35.0. The Morgan fingerprint density at radius 2 is 1.88 bits per heavy atom. The summed E-state index contributed by atoms with van der Waals surface area (Å²) in [5, 5.41) is 8.61. The van der Waals surface area contributed by atoms with Crippen LogP contribution in [0, 0.1) is 0 Å². The molecule has 1 N–H and O–H groups in total. The van der Waals surface area contributed by atoms with Gasteiger partial charge in [0.1, 0.15) is 5.25 Å². The largest absolute Gasteiger partial charge is 1.00 e. The second kappa shape index (κ2) is 6.97. The molecule has 1 unspecified atom stereocenters. The van der Waals surface area contributed by atoms with Crippen LogP contribution < -0.4 is 34.7 Å². The minimum atomic E-state index is -4.43. The van der Waals surface area contributed by atoms with E-state index in [0.29, 0.717) is 0 Å². The summed E-state index contributed by atoms with van der Waals surface area (Å²) in [6.07, 6.45) is -1.84. The molecule has 0 fully saturated rings. The van der Waals surface area contributed by atoms with Crippen LogP contribution in [0.5, 0.6) is 0 Å². The molecule has 88 valence electrons. The standard InChI is InChI=1S/C9H10O6S.Na/c10-9(11)15-6-8(16(12,13)14)7-4-2-1-3-5-7;/h1-5,8H,6H2,(H,10,11)(H,12,13,14);/q;+1/p-1. The zero-order chi connectivity index (χ0) is 12.2. The van der Waals surface area contributed by atoms with E-state index >= 15 is 0 Å². The van der Waals surface area contributed by atoms with Gasteiger partial charge in [-0.25, -0.2) is 0 Å². The van der Waals surface area contributed by atoms with Crippen LogP contribution in [0.15, 0.2) is 30.3 Å². The zero-order valence-corrected chi connectivity index (χ0v) is 11.9. The van der Waals surface area contributed by atoms with Crippen LogP contribution in [0.1, 0.15) is 10.8 Å². The van der Waals surface area contributed by atoms with Crippen molar-refractivity contribution in [1.29, 1.82) is 0 Å². The van der Waals surface area contributed by atoms with Gasteiger partial charge in [0.05, 0.1) is 6.61 Å². The van der Waals surface area contributed by atoms with E-state index in [1.807, 2.05) is 0 Å². The van der Waals surface area contributed by atoms with E-state index in [0.717, 1.165) is 0 Å². The minimum absolute atomic E-state index is 0. The Morgan fingerprint density at radius 1 is 1.35 bits per heavy atom. The third-order valence-corrected chi connectivity index (χ3v) is 3.01. The molecule has 0 amide bonds. The summed E-state index contributed by atoms with van der Waals surface area (Å²) in [6.45, 7) is -0.703. The number of benzene rings is 1. The van der Waals surface area contributed by atoms with Crippen molar-refractivity contribution in [1.82, 2.24) is 0 Å². The van der Waals surface area contributed by atoms with Crippen molar-refractivity contribution >= 4 is 16.3 Å². The van der Waals surface area contributed by atoms with Crippen LogP contribution in [0.25, 0.3) is 0 Å². The summed E-state index contributed by atoms with van der Waals surface area (Å²) in [7, 11) is -4.43. The molecule has 0 bridgehead atoms. The first kappa shape index (κ1) is 16.4. The van der Waals surface area contributed by atoms with Crippen molar-refractivity contribution in [2.45, 2.75) is 5.25 Å². The van der Waals surface area contributed by atoms with Gasteiger partial charge in [0, 0.05) is 0 Å². The number of carboxylic acid groups (broad SMARTS) is 1. The van der Waals surface area contributed by atoms with Gasteiger partial charge in [0.2, 0.25) is 0 Å². The Balaban J connectivity index is 0.00000256. The van der Waals surface area contributed by atoms with Crippen molar-refractivity contribution in [2.75, 3.05) is 6.61 Å². The van der Waals surface area contributed by atoms with E-state index in [2.05, 4.69) is 4.74 Å². The topological polar surface area (TPSA) is 104 Å². The van der Waals surface area contributed by atoms with Gasteiger partial charge in [0.15, 0.2) is 0 Å². The molecule has 8 heteroatoms. The maximum Gasteiger partial charge on any atom is 1.00 e. The molecule has 1 aromatic carbocycles. The van der Waals surface area contributed by atoms with Gasteiger partial charge in [0.25, 0.3) is 16.3 Å². The normalized spacial score (nSPS) is 12.3. The summed E-state index contributed by atoms with van der Waals surface area (Å²) in [5.41, 5.74) is 0.242. The molecule has 0 spiro atoms. The molecule has 0 aliphatic heterocycles. The molecule has 0 aliphatic carbocycles. The molecule has 1 atom stereocenters. The maximum absolute atomic E-state index is 11.0. The van der Waals surface area contributed by atoms with Gasteiger partial charge in [-0.15, -0.1) is 0 Å². The van der Waals surface area contributed by atoms with E-state index < -0.39 is 28.1 Å². The molecule has 0 saturated carbocycles. The van der Waals surface area contributed by atoms with Gasteiger partial charge in [-0.2, -0.15) is 8.42 Å². The Kier molecular flexibility index (Phi) is 6.73. The molecule has 1 aromatic rings. The molecule has 0 saturated heterocycles. The predicted molar refractivity (Wildman–Crippen MR) is 52.1 cm³/mol. The molecular weight excluding hydrogens is 259 g/mol. The first-order valence-electron chi connectivity index (χ1n) is 4.26. The van der Waals surface area contributed by atoms with Crippen molar-refractivity contribution in [2.24, 2.45) is 0 Å². The molecule has 6 nitrogen and oxygen atoms in total. The number of hydrogen-bond acceptors (Lipinski definition) is 5. The summed E-state index contributed by atoms with van der Waals surface area (Å²) in [5.74, 6) is 0.